The summed E-state index contributed by atoms with van der Waals surface area (Å²) in [6, 6.07) is 8.54. The summed E-state index contributed by atoms with van der Waals surface area (Å²) in [4.78, 5) is 14.1. The molecule has 1 N–H and O–H groups in total. The first-order valence-corrected chi connectivity index (χ1v) is 6.83. The molecule has 1 aromatic rings. The average Bonchev–Trinajstić information content (AvgIpc) is 2.88. The predicted molar refractivity (Wildman–Crippen MR) is 75.1 cm³/mol. The molecule has 19 heavy (non-hydrogen) atoms. The van der Waals surface area contributed by atoms with Crippen molar-refractivity contribution in [1.29, 1.82) is 0 Å². The van der Waals surface area contributed by atoms with Crippen molar-refractivity contribution in [2.45, 2.75) is 25.8 Å². The van der Waals surface area contributed by atoms with E-state index in [0.717, 1.165) is 19.4 Å². The molecule has 0 unspecified atom stereocenters. The summed E-state index contributed by atoms with van der Waals surface area (Å²) in [5.41, 5.74) is 2.52. The lowest BCUT2D eigenvalue weighted by Crippen LogP contribution is -2.40. The number of amides is 2. The van der Waals surface area contributed by atoms with Crippen molar-refractivity contribution in [3.8, 4) is 0 Å². The highest BCUT2D eigenvalue weighted by Crippen LogP contribution is 2.33. The first kappa shape index (κ1) is 13.9. The molecule has 104 valence electrons. The fourth-order valence-electron chi connectivity index (χ4n) is 2.66. The number of hydrogen-bond donors (Lipinski definition) is 1. The monoisotopic (exact) mass is 262 g/mol. The molecule has 1 aliphatic heterocycles. The van der Waals surface area contributed by atoms with Crippen molar-refractivity contribution in [3.05, 3.63) is 35.4 Å². The SMILES string of the molecule is COCCNC(=O)N1CCC[C@H]1c1ccccc1C. The van der Waals surface area contributed by atoms with Crippen molar-refractivity contribution in [1.82, 2.24) is 10.2 Å². The van der Waals surface area contributed by atoms with Crippen molar-refractivity contribution >= 4 is 6.03 Å². The molecule has 2 amide bonds. The third kappa shape index (κ3) is 3.26. The second kappa shape index (κ2) is 6.57. The van der Waals surface area contributed by atoms with Gasteiger partial charge in [0.05, 0.1) is 12.6 Å². The minimum absolute atomic E-state index is 0.0165. The van der Waals surface area contributed by atoms with Crippen LogP contribution in [0, 0.1) is 6.92 Å². The Morgan fingerprint density at radius 2 is 2.26 bits per heavy atom. The number of rotatable bonds is 4. The zero-order chi connectivity index (χ0) is 13.7. The van der Waals surface area contributed by atoms with Crippen LogP contribution in [0.4, 0.5) is 4.79 Å². The van der Waals surface area contributed by atoms with Gasteiger partial charge in [-0.3, -0.25) is 0 Å². The van der Waals surface area contributed by atoms with Gasteiger partial charge in [-0.05, 0) is 30.9 Å². The highest BCUT2D eigenvalue weighted by molar-refractivity contribution is 5.75. The summed E-state index contributed by atoms with van der Waals surface area (Å²) in [6.07, 6.45) is 2.11. The normalized spacial score (nSPS) is 18.6. The van der Waals surface area contributed by atoms with Crippen LogP contribution in [0.2, 0.25) is 0 Å². The van der Waals surface area contributed by atoms with Gasteiger partial charge in [0.1, 0.15) is 0 Å². The molecular formula is C15H22N2O2. The fraction of sp³-hybridized carbons (Fsp3) is 0.533. The summed E-state index contributed by atoms with van der Waals surface area (Å²) in [6.45, 7) is 4.05. The molecule has 1 atom stereocenters. The standard InChI is InChI=1S/C15H22N2O2/c1-12-6-3-4-7-13(12)14-8-5-10-17(14)15(18)16-9-11-19-2/h3-4,6-7,14H,5,8-11H2,1-2H3,(H,16,18)/t14-/m0/s1. The number of nitrogens with zero attached hydrogens (tertiary/aromatic N) is 1. The Labute approximate surface area is 114 Å². The highest BCUT2D eigenvalue weighted by atomic mass is 16.5. The number of urea groups is 1. The second-order valence-corrected chi connectivity index (χ2v) is 4.93. The maximum atomic E-state index is 12.2. The highest BCUT2D eigenvalue weighted by Gasteiger charge is 2.30. The summed E-state index contributed by atoms with van der Waals surface area (Å²) in [7, 11) is 1.64. The largest absolute Gasteiger partial charge is 0.383 e. The molecular weight excluding hydrogens is 240 g/mol. The lowest BCUT2D eigenvalue weighted by Gasteiger charge is -2.26. The summed E-state index contributed by atoms with van der Waals surface area (Å²) < 4.78 is 4.95. The Bertz CT molecular complexity index is 434. The van der Waals surface area contributed by atoms with Crippen LogP contribution in [-0.2, 0) is 4.74 Å². The van der Waals surface area contributed by atoms with Gasteiger partial charge in [0.15, 0.2) is 0 Å². The van der Waals surface area contributed by atoms with Gasteiger partial charge in [-0.2, -0.15) is 0 Å². The van der Waals surface area contributed by atoms with Crippen LogP contribution in [0.15, 0.2) is 24.3 Å². The number of benzene rings is 1. The topological polar surface area (TPSA) is 41.6 Å². The summed E-state index contributed by atoms with van der Waals surface area (Å²) in [5.74, 6) is 0. The number of likely N-dealkylation sites (tertiary alicyclic amines) is 1. The smallest absolute Gasteiger partial charge is 0.317 e. The Kier molecular flexibility index (Phi) is 4.80. The zero-order valence-electron chi connectivity index (χ0n) is 11.7. The molecule has 1 fully saturated rings. The van der Waals surface area contributed by atoms with Crippen LogP contribution in [0.3, 0.4) is 0 Å². The van der Waals surface area contributed by atoms with Gasteiger partial charge in [-0.25, -0.2) is 4.79 Å². The maximum absolute atomic E-state index is 12.2. The molecule has 2 rings (SSSR count). The fourth-order valence-corrected chi connectivity index (χ4v) is 2.66. The third-order valence-electron chi connectivity index (χ3n) is 3.64. The van der Waals surface area contributed by atoms with Gasteiger partial charge in [0.25, 0.3) is 0 Å². The predicted octanol–water partition coefficient (Wildman–Crippen LogP) is 2.49. The molecule has 1 aliphatic rings. The van der Waals surface area contributed by atoms with Crippen LogP contribution in [-0.4, -0.2) is 37.7 Å². The van der Waals surface area contributed by atoms with Gasteiger partial charge in [-0.1, -0.05) is 24.3 Å². The van der Waals surface area contributed by atoms with Gasteiger partial charge < -0.3 is 15.0 Å². The number of methoxy groups -OCH3 is 1. The molecule has 1 heterocycles. The molecule has 0 bridgehead atoms. The number of carbonyl (C=O) groups is 1. The molecule has 0 aromatic heterocycles. The molecule has 0 saturated carbocycles. The first-order valence-electron chi connectivity index (χ1n) is 6.83. The quantitative estimate of drug-likeness (QED) is 0.847. The van der Waals surface area contributed by atoms with Gasteiger partial charge in [0.2, 0.25) is 0 Å². The van der Waals surface area contributed by atoms with E-state index in [2.05, 4.69) is 24.4 Å². The van der Waals surface area contributed by atoms with E-state index >= 15 is 0 Å². The lowest BCUT2D eigenvalue weighted by atomic mass is 9.99. The number of hydrogen-bond acceptors (Lipinski definition) is 2. The molecule has 1 aromatic carbocycles. The Morgan fingerprint density at radius 3 is 3.00 bits per heavy atom. The van der Waals surface area contributed by atoms with Crippen LogP contribution >= 0.6 is 0 Å². The van der Waals surface area contributed by atoms with Gasteiger partial charge in [0, 0.05) is 20.2 Å². The average molecular weight is 262 g/mol. The van der Waals surface area contributed by atoms with Crippen molar-refractivity contribution in [2.75, 3.05) is 26.8 Å². The van der Waals surface area contributed by atoms with E-state index in [-0.39, 0.29) is 12.1 Å². The summed E-state index contributed by atoms with van der Waals surface area (Å²) >= 11 is 0. The number of ether oxygens (including phenoxy) is 1. The zero-order valence-corrected chi connectivity index (χ0v) is 11.7. The van der Waals surface area contributed by atoms with E-state index in [4.69, 9.17) is 4.74 Å². The maximum Gasteiger partial charge on any atom is 0.317 e. The van der Waals surface area contributed by atoms with E-state index in [9.17, 15) is 4.79 Å². The molecule has 4 nitrogen and oxygen atoms in total. The summed E-state index contributed by atoms with van der Waals surface area (Å²) in [5, 5.41) is 2.91. The van der Waals surface area contributed by atoms with E-state index in [1.807, 2.05) is 17.0 Å². The third-order valence-corrected chi connectivity index (χ3v) is 3.64. The lowest BCUT2D eigenvalue weighted by molar-refractivity contribution is 0.176. The number of carbonyl (C=O) groups excluding carboxylic acids is 1. The second-order valence-electron chi connectivity index (χ2n) is 4.93. The minimum Gasteiger partial charge on any atom is -0.383 e. The molecule has 1 saturated heterocycles. The van der Waals surface area contributed by atoms with Gasteiger partial charge >= 0.3 is 6.03 Å². The Morgan fingerprint density at radius 1 is 1.47 bits per heavy atom. The molecule has 0 aliphatic carbocycles. The van der Waals surface area contributed by atoms with Gasteiger partial charge in [-0.15, -0.1) is 0 Å². The van der Waals surface area contributed by atoms with Crippen LogP contribution in [0.25, 0.3) is 0 Å². The van der Waals surface area contributed by atoms with Crippen molar-refractivity contribution < 1.29 is 9.53 Å². The van der Waals surface area contributed by atoms with E-state index in [0.29, 0.717) is 13.2 Å². The van der Waals surface area contributed by atoms with Crippen LogP contribution in [0.5, 0.6) is 0 Å². The van der Waals surface area contributed by atoms with E-state index in [1.54, 1.807) is 7.11 Å². The van der Waals surface area contributed by atoms with Crippen LogP contribution in [0.1, 0.15) is 30.0 Å². The molecule has 0 radical (unpaired) electrons. The number of aryl methyl sites for hydroxylation is 1. The molecule has 0 spiro atoms. The Balaban J connectivity index is 2.05. The van der Waals surface area contributed by atoms with E-state index in [1.165, 1.54) is 11.1 Å². The molecule has 4 heteroatoms. The minimum atomic E-state index is 0.0165. The van der Waals surface area contributed by atoms with E-state index < -0.39 is 0 Å². The first-order chi connectivity index (χ1) is 9.24. The Hall–Kier alpha value is -1.55. The van der Waals surface area contributed by atoms with Crippen molar-refractivity contribution in [3.63, 3.8) is 0 Å². The number of nitrogens with one attached hydrogen (secondary N) is 1. The van der Waals surface area contributed by atoms with Crippen LogP contribution < -0.4 is 5.32 Å². The van der Waals surface area contributed by atoms with Crippen molar-refractivity contribution in [2.24, 2.45) is 0 Å².